The van der Waals surface area contributed by atoms with Crippen molar-refractivity contribution < 1.29 is 23.8 Å². The van der Waals surface area contributed by atoms with Crippen molar-refractivity contribution in [2.45, 2.75) is 13.5 Å². The average Bonchev–Trinajstić information content (AvgIpc) is 3.34. The zero-order valence-corrected chi connectivity index (χ0v) is 14.9. The Kier molecular flexibility index (Phi) is 5.64. The number of rotatable bonds is 7. The monoisotopic (exact) mass is 384 g/mol. The van der Waals surface area contributed by atoms with Crippen LogP contribution < -0.4 is 0 Å². The molecule has 0 aliphatic rings. The lowest BCUT2D eigenvalue weighted by atomic mass is 10.2. The second kappa shape index (κ2) is 8.30. The number of halogens is 1. The Hall–Kier alpha value is -3.75. The van der Waals surface area contributed by atoms with E-state index in [0.717, 1.165) is 11.6 Å². The third kappa shape index (κ3) is 4.32. The number of aromatic amines is 1. The van der Waals surface area contributed by atoms with Crippen molar-refractivity contribution in [2.75, 3.05) is 6.61 Å². The molecule has 2 heterocycles. The standard InChI is InChI=1S/C19H17FN4O4/c1-2-28-19(27)15-7-13(16(25)8-17(26)18-21-11-22-23-18)10-24(15)9-12-3-5-14(20)6-4-12/h3-8,10-11,26H,2,9H2,1H3,(H,21,22,23). The summed E-state index contributed by atoms with van der Waals surface area (Å²) in [6, 6.07) is 7.17. The van der Waals surface area contributed by atoms with Crippen LogP contribution in [0.4, 0.5) is 4.39 Å². The number of carbonyl (C=O) groups excluding carboxylic acids is 2. The van der Waals surface area contributed by atoms with E-state index in [1.807, 2.05) is 0 Å². The minimum Gasteiger partial charge on any atom is -0.504 e. The second-order valence-corrected chi connectivity index (χ2v) is 5.81. The molecule has 0 amide bonds. The van der Waals surface area contributed by atoms with Crippen molar-refractivity contribution in [2.24, 2.45) is 0 Å². The fourth-order valence-corrected chi connectivity index (χ4v) is 2.54. The van der Waals surface area contributed by atoms with Gasteiger partial charge in [0.1, 0.15) is 17.8 Å². The Morgan fingerprint density at radius 3 is 2.71 bits per heavy atom. The number of aliphatic hydroxyl groups excluding tert-OH is 1. The number of ketones is 1. The quantitative estimate of drug-likeness (QED) is 0.281. The molecular weight excluding hydrogens is 367 g/mol. The number of hydrogen-bond acceptors (Lipinski definition) is 6. The van der Waals surface area contributed by atoms with E-state index >= 15 is 0 Å². The van der Waals surface area contributed by atoms with Gasteiger partial charge in [-0.3, -0.25) is 9.89 Å². The van der Waals surface area contributed by atoms with E-state index in [2.05, 4.69) is 15.2 Å². The molecule has 3 rings (SSSR count). The molecule has 0 aliphatic heterocycles. The molecule has 3 aromatic rings. The van der Waals surface area contributed by atoms with E-state index in [1.165, 1.54) is 35.3 Å². The van der Waals surface area contributed by atoms with Gasteiger partial charge < -0.3 is 14.4 Å². The fourth-order valence-electron chi connectivity index (χ4n) is 2.54. The molecule has 0 atom stereocenters. The summed E-state index contributed by atoms with van der Waals surface area (Å²) >= 11 is 0. The zero-order chi connectivity index (χ0) is 20.1. The molecule has 1 aromatic carbocycles. The molecule has 0 fully saturated rings. The number of allylic oxidation sites excluding steroid dienone is 1. The second-order valence-electron chi connectivity index (χ2n) is 5.81. The molecule has 0 spiro atoms. The van der Waals surface area contributed by atoms with E-state index in [1.54, 1.807) is 19.1 Å². The van der Waals surface area contributed by atoms with Crippen molar-refractivity contribution in [3.63, 3.8) is 0 Å². The summed E-state index contributed by atoms with van der Waals surface area (Å²) in [5.41, 5.74) is 1.08. The van der Waals surface area contributed by atoms with Crippen LogP contribution in [0.15, 0.2) is 48.9 Å². The number of nitrogens with one attached hydrogen (secondary N) is 1. The largest absolute Gasteiger partial charge is 0.504 e. The Balaban J connectivity index is 1.91. The van der Waals surface area contributed by atoms with E-state index in [4.69, 9.17) is 4.74 Å². The smallest absolute Gasteiger partial charge is 0.354 e. The maximum absolute atomic E-state index is 13.1. The minimum atomic E-state index is -0.592. The van der Waals surface area contributed by atoms with Gasteiger partial charge in [-0.15, -0.1) is 0 Å². The highest BCUT2D eigenvalue weighted by molar-refractivity contribution is 6.08. The Morgan fingerprint density at radius 2 is 2.07 bits per heavy atom. The van der Waals surface area contributed by atoms with Crippen LogP contribution in [0.3, 0.4) is 0 Å². The first-order valence-corrected chi connectivity index (χ1v) is 8.40. The summed E-state index contributed by atoms with van der Waals surface area (Å²) in [6.07, 6.45) is 3.71. The SMILES string of the molecule is CCOC(=O)c1cc(C(=O)C=C(O)c2nc[nH]n2)cn1Cc1ccc(F)cc1. The van der Waals surface area contributed by atoms with Crippen molar-refractivity contribution in [3.05, 3.63) is 77.4 Å². The van der Waals surface area contributed by atoms with Gasteiger partial charge in [0.2, 0.25) is 5.82 Å². The first kappa shape index (κ1) is 19.0. The van der Waals surface area contributed by atoms with Crippen LogP contribution in [-0.2, 0) is 11.3 Å². The highest BCUT2D eigenvalue weighted by atomic mass is 19.1. The number of H-pyrrole nitrogens is 1. The number of esters is 1. The van der Waals surface area contributed by atoms with Crippen LogP contribution in [0.5, 0.6) is 0 Å². The first-order chi connectivity index (χ1) is 13.5. The normalized spacial score (nSPS) is 11.4. The topological polar surface area (TPSA) is 110 Å². The molecule has 0 aliphatic carbocycles. The number of carbonyl (C=O) groups is 2. The lowest BCUT2D eigenvalue weighted by Gasteiger charge is -2.08. The molecule has 0 saturated carbocycles. The van der Waals surface area contributed by atoms with Crippen LogP contribution in [-0.4, -0.2) is 43.2 Å². The highest BCUT2D eigenvalue weighted by Gasteiger charge is 2.19. The van der Waals surface area contributed by atoms with Crippen molar-refractivity contribution in [1.29, 1.82) is 0 Å². The van der Waals surface area contributed by atoms with Crippen LogP contribution >= 0.6 is 0 Å². The Bertz CT molecular complexity index is 1010. The Morgan fingerprint density at radius 1 is 1.32 bits per heavy atom. The van der Waals surface area contributed by atoms with Gasteiger partial charge in [-0.1, -0.05) is 12.1 Å². The van der Waals surface area contributed by atoms with Gasteiger partial charge in [0.25, 0.3) is 0 Å². The van der Waals surface area contributed by atoms with Crippen LogP contribution in [0.25, 0.3) is 5.76 Å². The zero-order valence-electron chi connectivity index (χ0n) is 14.9. The molecule has 28 heavy (non-hydrogen) atoms. The predicted octanol–water partition coefficient (Wildman–Crippen LogP) is 2.75. The van der Waals surface area contributed by atoms with Gasteiger partial charge >= 0.3 is 5.97 Å². The summed E-state index contributed by atoms with van der Waals surface area (Å²) in [7, 11) is 0. The maximum Gasteiger partial charge on any atom is 0.354 e. The highest BCUT2D eigenvalue weighted by Crippen LogP contribution is 2.16. The molecular formula is C19H17FN4O4. The van der Waals surface area contributed by atoms with Crippen molar-refractivity contribution >= 4 is 17.5 Å². The molecule has 2 N–H and O–H groups in total. The van der Waals surface area contributed by atoms with Gasteiger partial charge in [0.05, 0.1) is 6.61 Å². The number of nitrogens with zero attached hydrogens (tertiary/aromatic N) is 3. The minimum absolute atomic E-state index is 0.0234. The van der Waals surface area contributed by atoms with E-state index in [-0.39, 0.29) is 36.1 Å². The molecule has 0 bridgehead atoms. The first-order valence-electron chi connectivity index (χ1n) is 8.40. The predicted molar refractivity (Wildman–Crippen MR) is 97.2 cm³/mol. The molecule has 8 nitrogen and oxygen atoms in total. The van der Waals surface area contributed by atoms with E-state index in [0.29, 0.717) is 0 Å². The summed E-state index contributed by atoms with van der Waals surface area (Å²) < 4.78 is 19.7. The summed E-state index contributed by atoms with van der Waals surface area (Å²) in [5, 5.41) is 16.0. The number of benzene rings is 1. The van der Waals surface area contributed by atoms with Gasteiger partial charge in [-0.05, 0) is 30.7 Å². The summed E-state index contributed by atoms with van der Waals surface area (Å²) in [6.45, 7) is 2.09. The number of hydrogen-bond donors (Lipinski definition) is 2. The van der Waals surface area contributed by atoms with Gasteiger partial charge in [0, 0.05) is 24.4 Å². The average molecular weight is 384 g/mol. The van der Waals surface area contributed by atoms with Crippen molar-refractivity contribution in [3.8, 4) is 0 Å². The van der Waals surface area contributed by atoms with E-state index in [9.17, 15) is 19.1 Å². The number of aromatic nitrogens is 4. The molecule has 0 saturated heterocycles. The molecule has 9 heteroatoms. The summed E-state index contributed by atoms with van der Waals surface area (Å²) in [4.78, 5) is 28.5. The lowest BCUT2D eigenvalue weighted by molar-refractivity contribution is 0.0514. The number of aliphatic hydroxyl groups is 1. The fraction of sp³-hybridized carbons (Fsp3) is 0.158. The van der Waals surface area contributed by atoms with Gasteiger partial charge in [0.15, 0.2) is 11.5 Å². The van der Waals surface area contributed by atoms with Crippen LogP contribution in [0.1, 0.15) is 39.2 Å². The molecule has 2 aromatic heterocycles. The van der Waals surface area contributed by atoms with E-state index < -0.39 is 17.5 Å². The summed E-state index contributed by atoms with van der Waals surface area (Å²) in [5.74, 6) is -1.93. The van der Waals surface area contributed by atoms with Crippen LogP contribution in [0, 0.1) is 5.82 Å². The van der Waals surface area contributed by atoms with Crippen LogP contribution in [0.2, 0.25) is 0 Å². The lowest BCUT2D eigenvalue weighted by Crippen LogP contribution is -2.12. The van der Waals surface area contributed by atoms with Gasteiger partial charge in [-0.25, -0.2) is 14.2 Å². The van der Waals surface area contributed by atoms with Gasteiger partial charge in [-0.2, -0.15) is 5.10 Å². The number of ether oxygens (including phenoxy) is 1. The Labute approximate surface area is 159 Å². The third-order valence-electron chi connectivity index (χ3n) is 3.84. The molecule has 0 radical (unpaired) electrons. The molecule has 0 unspecified atom stereocenters. The third-order valence-corrected chi connectivity index (χ3v) is 3.84. The maximum atomic E-state index is 13.1. The van der Waals surface area contributed by atoms with Crippen molar-refractivity contribution in [1.82, 2.24) is 19.7 Å². The molecule has 144 valence electrons.